The Morgan fingerprint density at radius 2 is 2.00 bits per heavy atom. The number of rotatable bonds is 3. The van der Waals surface area contributed by atoms with Crippen molar-refractivity contribution in [2.45, 2.75) is 19.0 Å². The minimum Gasteiger partial charge on any atom is -0.369 e. The minimum absolute atomic E-state index is 0.0655. The molecule has 0 aliphatic carbocycles. The molecule has 0 radical (unpaired) electrons. The molecule has 3 aromatic rings. The van der Waals surface area contributed by atoms with E-state index in [9.17, 15) is 22.4 Å². The van der Waals surface area contributed by atoms with E-state index in [1.54, 1.807) is 4.90 Å². The molecule has 0 saturated carbocycles. The number of fused-ring (bicyclic) bond motifs is 1. The molecule has 4 heterocycles. The average molecular weight is 408 g/mol. The molecule has 0 aromatic carbocycles. The van der Waals surface area contributed by atoms with Gasteiger partial charge in [-0.1, -0.05) is 0 Å². The van der Waals surface area contributed by atoms with E-state index < -0.39 is 23.5 Å². The molecule has 4 rings (SSSR count). The molecule has 0 unspecified atom stereocenters. The number of carbonyl (C=O) groups excluding carboxylic acids is 1. The van der Waals surface area contributed by atoms with Crippen LogP contribution in [0.1, 0.15) is 18.4 Å². The van der Waals surface area contributed by atoms with Crippen molar-refractivity contribution in [1.82, 2.24) is 19.4 Å². The number of amides is 1. The van der Waals surface area contributed by atoms with Gasteiger partial charge in [-0.15, -0.1) is 0 Å². The van der Waals surface area contributed by atoms with Crippen LogP contribution >= 0.6 is 0 Å². The zero-order chi connectivity index (χ0) is 20.8. The van der Waals surface area contributed by atoms with Crippen LogP contribution < -0.4 is 10.6 Å². The molecular weight excluding hydrogens is 392 g/mol. The average Bonchev–Trinajstić information content (AvgIpc) is 3.11. The zero-order valence-corrected chi connectivity index (χ0v) is 15.0. The second-order valence-electron chi connectivity index (χ2n) is 6.84. The Morgan fingerprint density at radius 3 is 2.72 bits per heavy atom. The Morgan fingerprint density at radius 1 is 1.21 bits per heavy atom. The van der Waals surface area contributed by atoms with Gasteiger partial charge in [0.2, 0.25) is 11.9 Å². The molecule has 1 aliphatic heterocycles. The fourth-order valence-electron chi connectivity index (χ4n) is 3.40. The van der Waals surface area contributed by atoms with Crippen molar-refractivity contribution >= 4 is 17.5 Å². The normalized spacial score (nSPS) is 17.7. The first-order chi connectivity index (χ1) is 13.7. The number of anilines is 1. The molecule has 0 bridgehead atoms. The number of piperidine rings is 1. The van der Waals surface area contributed by atoms with Crippen LogP contribution in [0.4, 0.5) is 23.5 Å². The van der Waals surface area contributed by atoms with E-state index in [1.807, 2.05) is 0 Å². The first-order valence-electron chi connectivity index (χ1n) is 8.85. The van der Waals surface area contributed by atoms with Gasteiger partial charge in [0.15, 0.2) is 5.82 Å². The third-order valence-electron chi connectivity index (χ3n) is 4.91. The number of nitrogens with two attached hydrogens (primary N) is 1. The summed E-state index contributed by atoms with van der Waals surface area (Å²) in [4.78, 5) is 25.4. The number of hydrogen-bond acceptors (Lipinski definition) is 5. The molecule has 1 fully saturated rings. The van der Waals surface area contributed by atoms with Crippen LogP contribution in [0.2, 0.25) is 0 Å². The first kappa shape index (κ1) is 19.1. The van der Waals surface area contributed by atoms with E-state index in [-0.39, 0.29) is 28.9 Å². The fourth-order valence-corrected chi connectivity index (χ4v) is 3.40. The highest BCUT2D eigenvalue weighted by Gasteiger charge is 2.31. The second kappa shape index (κ2) is 6.98. The monoisotopic (exact) mass is 408 g/mol. The summed E-state index contributed by atoms with van der Waals surface area (Å²) in [7, 11) is 0. The summed E-state index contributed by atoms with van der Waals surface area (Å²) in [5.74, 6) is -1.42. The van der Waals surface area contributed by atoms with Gasteiger partial charge in [-0.3, -0.25) is 9.20 Å². The van der Waals surface area contributed by atoms with Crippen LogP contribution in [0.15, 0.2) is 30.7 Å². The van der Waals surface area contributed by atoms with E-state index >= 15 is 0 Å². The highest BCUT2D eigenvalue weighted by Crippen LogP contribution is 2.31. The summed E-state index contributed by atoms with van der Waals surface area (Å²) >= 11 is 0. The number of alkyl halides is 3. The number of nitrogens with zero attached hydrogens (tertiary/aromatic N) is 5. The van der Waals surface area contributed by atoms with Gasteiger partial charge < -0.3 is 10.6 Å². The quantitative estimate of drug-likeness (QED) is 0.673. The Balaban J connectivity index is 1.76. The van der Waals surface area contributed by atoms with Crippen LogP contribution in [0.25, 0.3) is 17.0 Å². The van der Waals surface area contributed by atoms with Crippen molar-refractivity contribution in [3.63, 3.8) is 0 Å². The highest BCUT2D eigenvalue weighted by molar-refractivity contribution is 5.77. The summed E-state index contributed by atoms with van der Waals surface area (Å²) in [6.07, 6.45) is -0.154. The van der Waals surface area contributed by atoms with E-state index in [0.717, 1.165) is 22.9 Å². The maximum absolute atomic E-state index is 14.5. The number of aromatic nitrogens is 4. The molecule has 1 amide bonds. The maximum atomic E-state index is 14.5. The van der Waals surface area contributed by atoms with Crippen LogP contribution in [0, 0.1) is 11.7 Å². The number of hydrogen-bond donors (Lipinski definition) is 1. The standard InChI is InChI=1S/C18H16F4N6O/c19-12-6-25-17(27-5-1-2-10(8-27)16(23)29)26-15(12)13-7-24-14-4-3-11(9-28(13)14)18(20,21)22/h3-4,6-7,9-10H,1-2,5,8H2,(H2,23,29)/t10-/m0/s1. The zero-order valence-electron chi connectivity index (χ0n) is 15.0. The third-order valence-corrected chi connectivity index (χ3v) is 4.91. The number of halogens is 4. The van der Waals surface area contributed by atoms with Gasteiger partial charge in [-0.25, -0.2) is 19.3 Å². The lowest BCUT2D eigenvalue weighted by atomic mass is 9.98. The van der Waals surface area contributed by atoms with E-state index in [4.69, 9.17) is 5.73 Å². The van der Waals surface area contributed by atoms with E-state index in [0.29, 0.717) is 25.9 Å². The van der Waals surface area contributed by atoms with Crippen molar-refractivity contribution < 1.29 is 22.4 Å². The predicted molar refractivity (Wildman–Crippen MR) is 95.3 cm³/mol. The Kier molecular flexibility index (Phi) is 4.59. The summed E-state index contributed by atoms with van der Waals surface area (Å²) in [5.41, 5.74) is 4.60. The molecule has 0 spiro atoms. The largest absolute Gasteiger partial charge is 0.417 e. The van der Waals surface area contributed by atoms with Crippen molar-refractivity contribution in [2.24, 2.45) is 11.7 Å². The van der Waals surface area contributed by atoms with Crippen molar-refractivity contribution in [1.29, 1.82) is 0 Å². The van der Waals surface area contributed by atoms with E-state index in [1.165, 1.54) is 12.3 Å². The summed E-state index contributed by atoms with van der Waals surface area (Å²) in [6.45, 7) is 0.853. The third kappa shape index (κ3) is 3.59. The molecule has 1 atom stereocenters. The Hall–Kier alpha value is -3.24. The number of pyridine rings is 1. The van der Waals surface area contributed by atoms with Gasteiger partial charge in [0.25, 0.3) is 0 Å². The van der Waals surface area contributed by atoms with Gasteiger partial charge in [-0.2, -0.15) is 13.2 Å². The van der Waals surface area contributed by atoms with Crippen LogP contribution in [-0.2, 0) is 11.0 Å². The van der Waals surface area contributed by atoms with Crippen molar-refractivity contribution in [2.75, 3.05) is 18.0 Å². The van der Waals surface area contributed by atoms with Gasteiger partial charge in [0.1, 0.15) is 11.3 Å². The topological polar surface area (TPSA) is 89.4 Å². The smallest absolute Gasteiger partial charge is 0.369 e. The van der Waals surface area contributed by atoms with E-state index in [2.05, 4.69) is 15.0 Å². The van der Waals surface area contributed by atoms with Crippen LogP contribution in [-0.4, -0.2) is 38.3 Å². The summed E-state index contributed by atoms with van der Waals surface area (Å²) in [5, 5.41) is 0. The molecular formula is C18H16F4N6O. The minimum atomic E-state index is -4.55. The first-order valence-corrected chi connectivity index (χ1v) is 8.85. The molecule has 2 N–H and O–H groups in total. The molecule has 3 aromatic heterocycles. The summed E-state index contributed by atoms with van der Waals surface area (Å²) < 4.78 is 54.8. The fraction of sp³-hybridized carbons (Fsp3) is 0.333. The van der Waals surface area contributed by atoms with Crippen molar-refractivity contribution in [3.05, 3.63) is 42.1 Å². The Bertz CT molecular complexity index is 1080. The lowest BCUT2D eigenvalue weighted by Crippen LogP contribution is -2.42. The van der Waals surface area contributed by atoms with Crippen LogP contribution in [0.3, 0.4) is 0 Å². The molecule has 152 valence electrons. The predicted octanol–water partition coefficient (Wildman–Crippen LogP) is 2.65. The van der Waals surface area contributed by atoms with Gasteiger partial charge in [-0.05, 0) is 25.0 Å². The SMILES string of the molecule is NC(=O)[C@H]1CCCN(c2ncc(F)c(-c3cnc4ccc(C(F)(F)F)cn34)n2)C1. The van der Waals surface area contributed by atoms with Gasteiger partial charge >= 0.3 is 6.18 Å². The molecule has 1 aliphatic rings. The maximum Gasteiger partial charge on any atom is 0.417 e. The Labute approximate surface area is 162 Å². The lowest BCUT2D eigenvalue weighted by Gasteiger charge is -2.31. The number of primary amides is 1. The number of carbonyl (C=O) groups is 1. The second-order valence-corrected chi connectivity index (χ2v) is 6.84. The molecule has 11 heteroatoms. The summed E-state index contributed by atoms with van der Waals surface area (Å²) in [6, 6.07) is 2.11. The van der Waals surface area contributed by atoms with Crippen molar-refractivity contribution in [3.8, 4) is 11.4 Å². The van der Waals surface area contributed by atoms with Gasteiger partial charge in [0.05, 0.1) is 29.6 Å². The highest BCUT2D eigenvalue weighted by atomic mass is 19.4. The van der Waals surface area contributed by atoms with Gasteiger partial charge in [0, 0.05) is 19.3 Å². The van der Waals surface area contributed by atoms with Crippen LogP contribution in [0.5, 0.6) is 0 Å². The lowest BCUT2D eigenvalue weighted by molar-refractivity contribution is -0.137. The molecule has 1 saturated heterocycles. The molecule has 7 nitrogen and oxygen atoms in total. The molecule has 29 heavy (non-hydrogen) atoms. The number of imidazole rings is 1.